The van der Waals surface area contributed by atoms with Gasteiger partial charge in [0.25, 0.3) is 0 Å². The van der Waals surface area contributed by atoms with Crippen LogP contribution in [0.5, 0.6) is 0 Å². The lowest BCUT2D eigenvalue weighted by atomic mass is 9.94. The summed E-state index contributed by atoms with van der Waals surface area (Å²) in [6, 6.07) is 9.05. The van der Waals surface area contributed by atoms with Crippen LogP contribution in [0.25, 0.3) is 0 Å². The summed E-state index contributed by atoms with van der Waals surface area (Å²) in [6.45, 7) is 6.34. The maximum Gasteiger partial charge on any atom is 0.244 e. The van der Waals surface area contributed by atoms with Crippen LogP contribution in [0.3, 0.4) is 0 Å². The standard InChI is InChI=1S/C26H33N3O4S/c1-18-6-8-20(3)22(16-18)34(32,33)26(12-4-5-13-26)25(31)29-14-10-21(11-15-29)24(30)28-23-9-7-19(2)17-27-23/h6-9,16-17,21H,4-5,10-15H2,1-3H3,(H,27,28,30). The fourth-order valence-electron chi connectivity index (χ4n) is 5.15. The van der Waals surface area contributed by atoms with Crippen molar-refractivity contribution in [2.75, 3.05) is 18.4 Å². The average molecular weight is 484 g/mol. The van der Waals surface area contributed by atoms with Gasteiger partial charge in [-0.15, -0.1) is 0 Å². The third-order valence-corrected chi connectivity index (χ3v) is 9.89. The van der Waals surface area contributed by atoms with Crippen LogP contribution in [0, 0.1) is 26.7 Å². The van der Waals surface area contributed by atoms with Crippen molar-refractivity contribution in [3.63, 3.8) is 0 Å². The number of anilines is 1. The highest BCUT2D eigenvalue weighted by molar-refractivity contribution is 7.93. The summed E-state index contributed by atoms with van der Waals surface area (Å²) in [5.74, 6) is -0.132. The highest BCUT2D eigenvalue weighted by atomic mass is 32.2. The van der Waals surface area contributed by atoms with Gasteiger partial charge in [-0.25, -0.2) is 13.4 Å². The molecular formula is C26H33N3O4S. The molecule has 182 valence electrons. The Morgan fingerprint density at radius 3 is 2.26 bits per heavy atom. The van der Waals surface area contributed by atoms with E-state index in [-0.39, 0.29) is 22.6 Å². The predicted octanol–water partition coefficient (Wildman–Crippen LogP) is 3.97. The third-order valence-electron chi connectivity index (χ3n) is 7.26. The number of nitrogens with zero attached hydrogens (tertiary/aromatic N) is 2. The Kier molecular flexibility index (Phi) is 6.80. The van der Waals surface area contributed by atoms with Gasteiger partial charge in [0.15, 0.2) is 14.6 Å². The van der Waals surface area contributed by atoms with E-state index in [1.807, 2.05) is 32.0 Å². The maximum absolute atomic E-state index is 13.9. The number of carbonyl (C=O) groups is 2. The van der Waals surface area contributed by atoms with Crippen LogP contribution in [0.4, 0.5) is 5.82 Å². The van der Waals surface area contributed by atoms with Gasteiger partial charge >= 0.3 is 0 Å². The van der Waals surface area contributed by atoms with Crippen molar-refractivity contribution in [1.82, 2.24) is 9.88 Å². The van der Waals surface area contributed by atoms with Crippen LogP contribution >= 0.6 is 0 Å². The van der Waals surface area contributed by atoms with Gasteiger partial charge in [0.05, 0.1) is 4.90 Å². The van der Waals surface area contributed by atoms with Crippen molar-refractivity contribution in [2.45, 2.75) is 68.9 Å². The number of sulfone groups is 1. The first-order valence-corrected chi connectivity index (χ1v) is 13.5. The SMILES string of the molecule is Cc1ccc(NC(=O)C2CCN(C(=O)C3(S(=O)(=O)c4cc(C)ccc4C)CCCC3)CC2)nc1. The number of piperidine rings is 1. The average Bonchev–Trinajstić information content (AvgIpc) is 3.33. The number of likely N-dealkylation sites (tertiary alicyclic amines) is 1. The van der Waals surface area contributed by atoms with Gasteiger partial charge in [0.2, 0.25) is 11.8 Å². The summed E-state index contributed by atoms with van der Waals surface area (Å²) in [7, 11) is -3.85. The summed E-state index contributed by atoms with van der Waals surface area (Å²) in [4.78, 5) is 32.6. The van der Waals surface area contributed by atoms with Gasteiger partial charge in [-0.2, -0.15) is 0 Å². The molecule has 0 spiro atoms. The van der Waals surface area contributed by atoms with Gasteiger partial charge < -0.3 is 10.2 Å². The lowest BCUT2D eigenvalue weighted by molar-refractivity contribution is -0.136. The molecule has 0 unspecified atom stereocenters. The number of benzene rings is 1. The number of hydrogen-bond donors (Lipinski definition) is 1. The zero-order valence-electron chi connectivity index (χ0n) is 20.1. The number of carbonyl (C=O) groups excluding carboxylic acids is 2. The first-order chi connectivity index (χ1) is 16.1. The van der Waals surface area contributed by atoms with Gasteiger partial charge in [-0.3, -0.25) is 9.59 Å². The summed E-state index contributed by atoms with van der Waals surface area (Å²) in [5, 5.41) is 2.85. The number of amides is 2. The van der Waals surface area contributed by atoms with Crippen molar-refractivity contribution in [3.8, 4) is 0 Å². The predicted molar refractivity (Wildman–Crippen MR) is 131 cm³/mol. The minimum absolute atomic E-state index is 0.109. The van der Waals surface area contributed by atoms with Gasteiger partial charge in [-0.1, -0.05) is 31.0 Å². The number of aryl methyl sites for hydroxylation is 3. The van der Waals surface area contributed by atoms with Gasteiger partial charge in [-0.05, 0) is 75.3 Å². The van der Waals surface area contributed by atoms with Crippen molar-refractivity contribution < 1.29 is 18.0 Å². The maximum atomic E-state index is 13.9. The molecule has 1 saturated carbocycles. The van der Waals surface area contributed by atoms with Gasteiger partial charge in [0, 0.05) is 25.2 Å². The molecule has 2 aliphatic rings. The Balaban J connectivity index is 1.49. The molecule has 0 bridgehead atoms. The topological polar surface area (TPSA) is 96.4 Å². The van der Waals surface area contributed by atoms with E-state index in [0.29, 0.717) is 50.2 Å². The van der Waals surface area contributed by atoms with Crippen molar-refractivity contribution in [3.05, 3.63) is 53.2 Å². The smallest absolute Gasteiger partial charge is 0.244 e. The number of pyridine rings is 1. The van der Waals surface area contributed by atoms with Crippen LogP contribution in [0.15, 0.2) is 41.4 Å². The first-order valence-electron chi connectivity index (χ1n) is 12.0. The molecule has 2 heterocycles. The molecule has 34 heavy (non-hydrogen) atoms. The van der Waals surface area contributed by atoms with E-state index in [1.54, 1.807) is 30.2 Å². The second kappa shape index (κ2) is 9.49. The zero-order chi connectivity index (χ0) is 24.5. The minimum Gasteiger partial charge on any atom is -0.341 e. The molecule has 1 N–H and O–H groups in total. The quantitative estimate of drug-likeness (QED) is 0.694. The Hall–Kier alpha value is -2.74. The Morgan fingerprint density at radius 2 is 1.65 bits per heavy atom. The van der Waals surface area contributed by atoms with Gasteiger partial charge in [0.1, 0.15) is 5.82 Å². The number of aromatic nitrogens is 1. The van der Waals surface area contributed by atoms with Crippen LogP contribution in [0.1, 0.15) is 55.2 Å². The van der Waals surface area contributed by atoms with E-state index in [4.69, 9.17) is 0 Å². The van der Waals surface area contributed by atoms with Crippen LogP contribution < -0.4 is 5.32 Å². The molecule has 1 aromatic heterocycles. The number of nitrogens with one attached hydrogen (secondary N) is 1. The molecule has 7 nitrogen and oxygen atoms in total. The highest BCUT2D eigenvalue weighted by Gasteiger charge is 2.55. The van der Waals surface area contributed by atoms with Crippen LogP contribution in [-0.2, 0) is 19.4 Å². The van der Waals surface area contributed by atoms with E-state index in [2.05, 4.69) is 10.3 Å². The fourth-order valence-corrected chi connectivity index (χ4v) is 7.59. The Labute approximate surface area is 201 Å². The normalized spacial score (nSPS) is 18.6. The Morgan fingerprint density at radius 1 is 1.00 bits per heavy atom. The van der Waals surface area contributed by atoms with Crippen molar-refractivity contribution in [1.29, 1.82) is 0 Å². The molecule has 0 radical (unpaired) electrons. The summed E-state index contributed by atoms with van der Waals surface area (Å²) in [6.07, 6.45) is 4.85. The lowest BCUT2D eigenvalue weighted by Gasteiger charge is -2.38. The molecule has 8 heteroatoms. The second-order valence-electron chi connectivity index (χ2n) is 9.75. The summed E-state index contributed by atoms with van der Waals surface area (Å²) in [5.41, 5.74) is 2.55. The molecule has 1 aromatic carbocycles. The number of hydrogen-bond acceptors (Lipinski definition) is 5. The molecule has 1 aliphatic carbocycles. The molecule has 0 atom stereocenters. The van der Waals surface area contributed by atoms with Crippen LogP contribution in [-0.4, -0.2) is 48.0 Å². The zero-order valence-corrected chi connectivity index (χ0v) is 21.0. The van der Waals surface area contributed by atoms with E-state index in [0.717, 1.165) is 24.0 Å². The molecule has 1 aliphatic heterocycles. The Bertz CT molecular complexity index is 1180. The largest absolute Gasteiger partial charge is 0.341 e. The summed E-state index contributed by atoms with van der Waals surface area (Å²) >= 11 is 0. The molecule has 4 rings (SSSR count). The second-order valence-corrected chi connectivity index (χ2v) is 12.0. The van der Waals surface area contributed by atoms with E-state index < -0.39 is 14.6 Å². The highest BCUT2D eigenvalue weighted by Crippen LogP contribution is 2.43. The lowest BCUT2D eigenvalue weighted by Crippen LogP contribution is -2.54. The third kappa shape index (κ3) is 4.48. The first kappa shape index (κ1) is 24.4. The van der Waals surface area contributed by atoms with E-state index >= 15 is 0 Å². The molecule has 2 aromatic rings. The number of rotatable bonds is 5. The van der Waals surface area contributed by atoms with Crippen molar-refractivity contribution in [2.24, 2.45) is 5.92 Å². The monoisotopic (exact) mass is 483 g/mol. The molecule has 2 fully saturated rings. The van der Waals surface area contributed by atoms with E-state index in [9.17, 15) is 18.0 Å². The molecular weight excluding hydrogens is 450 g/mol. The van der Waals surface area contributed by atoms with Crippen molar-refractivity contribution >= 4 is 27.5 Å². The summed E-state index contributed by atoms with van der Waals surface area (Å²) < 4.78 is 26.4. The van der Waals surface area contributed by atoms with Crippen LogP contribution in [0.2, 0.25) is 0 Å². The minimum atomic E-state index is -3.85. The van der Waals surface area contributed by atoms with E-state index in [1.165, 1.54) is 0 Å². The molecule has 2 amide bonds. The fraction of sp³-hybridized carbons (Fsp3) is 0.500. The molecule has 1 saturated heterocycles.